The lowest BCUT2D eigenvalue weighted by molar-refractivity contribution is 0.409. The van der Waals surface area contributed by atoms with Crippen molar-refractivity contribution in [3.8, 4) is 5.75 Å². The minimum atomic E-state index is 0.166. The van der Waals surface area contributed by atoms with Crippen molar-refractivity contribution in [3.05, 3.63) is 27.7 Å². The van der Waals surface area contributed by atoms with Crippen LogP contribution in [0.3, 0.4) is 0 Å². The van der Waals surface area contributed by atoms with E-state index in [1.54, 1.807) is 7.11 Å². The average molecular weight is 284 g/mol. The van der Waals surface area contributed by atoms with Gasteiger partial charge in [-0.25, -0.2) is 0 Å². The molecule has 2 rings (SSSR count). The van der Waals surface area contributed by atoms with Gasteiger partial charge in [-0.1, -0.05) is 15.9 Å². The number of rotatable bonds is 3. The monoisotopic (exact) mass is 283 g/mol. The Morgan fingerprint density at radius 1 is 1.44 bits per heavy atom. The number of halogens is 1. The van der Waals surface area contributed by atoms with Crippen molar-refractivity contribution in [3.63, 3.8) is 0 Å². The van der Waals surface area contributed by atoms with Crippen LogP contribution >= 0.6 is 15.9 Å². The number of aryl methyl sites for hydroxylation is 1. The lowest BCUT2D eigenvalue weighted by Crippen LogP contribution is -2.31. The van der Waals surface area contributed by atoms with E-state index in [0.29, 0.717) is 0 Å². The lowest BCUT2D eigenvalue weighted by Gasteiger charge is -2.23. The highest BCUT2D eigenvalue weighted by atomic mass is 79.9. The van der Waals surface area contributed by atoms with Crippen LogP contribution in [0.15, 0.2) is 16.6 Å². The number of methoxy groups -OCH3 is 1. The van der Waals surface area contributed by atoms with Crippen molar-refractivity contribution < 1.29 is 4.74 Å². The van der Waals surface area contributed by atoms with Gasteiger partial charge in [0.1, 0.15) is 5.75 Å². The SMILES string of the molecule is COc1cc(C2(C(C)N)CC2)c(Br)cc1C. The summed E-state index contributed by atoms with van der Waals surface area (Å²) in [4.78, 5) is 0. The minimum absolute atomic E-state index is 0.166. The van der Waals surface area contributed by atoms with Crippen LogP contribution in [0.1, 0.15) is 30.9 Å². The molecule has 0 bridgehead atoms. The first kappa shape index (κ1) is 11.9. The first-order valence-corrected chi connectivity index (χ1v) is 6.41. The predicted octanol–water partition coefficient (Wildman–Crippen LogP) is 3.14. The van der Waals surface area contributed by atoms with Gasteiger partial charge in [0.05, 0.1) is 7.11 Å². The highest BCUT2D eigenvalue weighted by Gasteiger charge is 2.48. The fraction of sp³-hybridized carbons (Fsp3) is 0.538. The second kappa shape index (κ2) is 4.04. The summed E-state index contributed by atoms with van der Waals surface area (Å²) in [6.45, 7) is 4.14. The van der Waals surface area contributed by atoms with Gasteiger partial charge in [0, 0.05) is 15.9 Å². The van der Waals surface area contributed by atoms with E-state index in [1.807, 2.05) is 0 Å². The molecule has 2 N–H and O–H groups in total. The molecule has 1 aromatic carbocycles. The van der Waals surface area contributed by atoms with E-state index in [2.05, 4.69) is 41.9 Å². The molecule has 1 aliphatic carbocycles. The maximum absolute atomic E-state index is 6.10. The number of hydrogen-bond acceptors (Lipinski definition) is 2. The highest BCUT2D eigenvalue weighted by molar-refractivity contribution is 9.10. The third-order valence-electron chi connectivity index (χ3n) is 3.68. The van der Waals surface area contributed by atoms with Gasteiger partial charge in [-0.15, -0.1) is 0 Å². The molecule has 0 spiro atoms. The van der Waals surface area contributed by atoms with Crippen molar-refractivity contribution >= 4 is 15.9 Å². The number of hydrogen-bond donors (Lipinski definition) is 1. The fourth-order valence-electron chi connectivity index (χ4n) is 2.36. The zero-order chi connectivity index (χ0) is 11.9. The van der Waals surface area contributed by atoms with Crippen LogP contribution in [0.4, 0.5) is 0 Å². The van der Waals surface area contributed by atoms with Crippen molar-refractivity contribution in [2.24, 2.45) is 5.73 Å². The molecule has 0 radical (unpaired) electrons. The summed E-state index contributed by atoms with van der Waals surface area (Å²) in [5.41, 5.74) is 8.72. The molecule has 2 nitrogen and oxygen atoms in total. The topological polar surface area (TPSA) is 35.2 Å². The first-order chi connectivity index (χ1) is 7.51. The molecule has 0 saturated heterocycles. The van der Waals surface area contributed by atoms with Gasteiger partial charge < -0.3 is 10.5 Å². The van der Waals surface area contributed by atoms with Gasteiger partial charge in [-0.2, -0.15) is 0 Å². The zero-order valence-electron chi connectivity index (χ0n) is 10.0. The Morgan fingerprint density at radius 3 is 2.50 bits per heavy atom. The molecule has 88 valence electrons. The van der Waals surface area contributed by atoms with Crippen LogP contribution in [0.25, 0.3) is 0 Å². The van der Waals surface area contributed by atoms with Gasteiger partial charge in [0.15, 0.2) is 0 Å². The molecule has 1 fully saturated rings. The molecule has 0 heterocycles. The molecule has 1 unspecified atom stereocenters. The predicted molar refractivity (Wildman–Crippen MR) is 70.0 cm³/mol. The molecule has 0 amide bonds. The molecular formula is C13H18BrNO. The maximum atomic E-state index is 6.10. The van der Waals surface area contributed by atoms with Crippen LogP contribution in [0.2, 0.25) is 0 Å². The van der Waals surface area contributed by atoms with Gasteiger partial charge >= 0.3 is 0 Å². The van der Waals surface area contributed by atoms with Gasteiger partial charge in [0.2, 0.25) is 0 Å². The fourth-order valence-corrected chi connectivity index (χ4v) is 3.21. The summed E-state index contributed by atoms with van der Waals surface area (Å²) in [6, 6.07) is 4.45. The third-order valence-corrected chi connectivity index (χ3v) is 4.34. The average Bonchev–Trinajstić information content (AvgIpc) is 2.99. The molecule has 1 aromatic rings. The van der Waals surface area contributed by atoms with E-state index in [4.69, 9.17) is 10.5 Å². The Morgan fingerprint density at radius 2 is 2.06 bits per heavy atom. The maximum Gasteiger partial charge on any atom is 0.122 e. The van der Waals surface area contributed by atoms with Gasteiger partial charge in [-0.05, 0) is 49.9 Å². The second-order valence-corrected chi connectivity index (χ2v) is 5.60. The van der Waals surface area contributed by atoms with E-state index in [9.17, 15) is 0 Å². The number of ether oxygens (including phenoxy) is 1. The van der Waals surface area contributed by atoms with E-state index in [1.165, 1.54) is 18.4 Å². The summed E-state index contributed by atoms with van der Waals surface area (Å²) in [7, 11) is 1.71. The van der Waals surface area contributed by atoms with Crippen LogP contribution in [0, 0.1) is 6.92 Å². The van der Waals surface area contributed by atoms with Crippen molar-refractivity contribution in [2.75, 3.05) is 7.11 Å². The molecule has 3 heteroatoms. The van der Waals surface area contributed by atoms with Gasteiger partial charge in [-0.3, -0.25) is 0 Å². The Bertz CT molecular complexity index is 411. The highest BCUT2D eigenvalue weighted by Crippen LogP contribution is 2.53. The van der Waals surface area contributed by atoms with Crippen LogP contribution < -0.4 is 10.5 Å². The minimum Gasteiger partial charge on any atom is -0.496 e. The summed E-state index contributed by atoms with van der Waals surface area (Å²) in [5, 5.41) is 0. The number of nitrogens with two attached hydrogens (primary N) is 1. The number of benzene rings is 1. The smallest absolute Gasteiger partial charge is 0.122 e. The molecule has 16 heavy (non-hydrogen) atoms. The quantitative estimate of drug-likeness (QED) is 0.925. The summed E-state index contributed by atoms with van der Waals surface area (Å²) >= 11 is 3.64. The van der Waals surface area contributed by atoms with Crippen LogP contribution in [-0.2, 0) is 5.41 Å². The molecular weight excluding hydrogens is 266 g/mol. The summed E-state index contributed by atoms with van der Waals surface area (Å²) in [5.74, 6) is 0.949. The van der Waals surface area contributed by atoms with Crippen LogP contribution in [0.5, 0.6) is 5.75 Å². The lowest BCUT2D eigenvalue weighted by atomic mass is 9.89. The van der Waals surface area contributed by atoms with E-state index < -0.39 is 0 Å². The van der Waals surface area contributed by atoms with Crippen molar-refractivity contribution in [1.82, 2.24) is 0 Å². The first-order valence-electron chi connectivity index (χ1n) is 5.61. The van der Waals surface area contributed by atoms with Crippen molar-refractivity contribution in [2.45, 2.75) is 38.1 Å². The van der Waals surface area contributed by atoms with Gasteiger partial charge in [0.25, 0.3) is 0 Å². The van der Waals surface area contributed by atoms with E-state index in [-0.39, 0.29) is 11.5 Å². The summed E-state index contributed by atoms with van der Waals surface area (Å²) < 4.78 is 6.53. The normalized spacial score (nSPS) is 19.3. The molecule has 1 aliphatic rings. The molecule has 1 saturated carbocycles. The Labute approximate surface area is 105 Å². The van der Waals surface area contributed by atoms with E-state index in [0.717, 1.165) is 15.8 Å². The Balaban J connectivity index is 2.49. The van der Waals surface area contributed by atoms with E-state index >= 15 is 0 Å². The second-order valence-electron chi connectivity index (χ2n) is 4.75. The molecule has 0 aromatic heterocycles. The molecule has 0 aliphatic heterocycles. The Kier molecular flexibility index (Phi) is 3.01. The summed E-state index contributed by atoms with van der Waals surface area (Å²) in [6.07, 6.45) is 2.35. The standard InChI is InChI=1S/C13H18BrNO/c1-8-6-11(14)10(7-12(8)16-3)13(4-5-13)9(2)15/h6-7,9H,4-5,15H2,1-3H3. The molecule has 1 atom stereocenters. The van der Waals surface area contributed by atoms with Crippen LogP contribution in [-0.4, -0.2) is 13.2 Å². The third kappa shape index (κ3) is 1.76. The van der Waals surface area contributed by atoms with Crippen molar-refractivity contribution in [1.29, 1.82) is 0 Å². The zero-order valence-corrected chi connectivity index (χ0v) is 11.6. The largest absolute Gasteiger partial charge is 0.496 e. The Hall–Kier alpha value is -0.540.